The number of aromatic amines is 1. The van der Waals surface area contributed by atoms with E-state index in [-0.39, 0.29) is 11.3 Å². The lowest BCUT2D eigenvalue weighted by atomic mass is 9.80. The van der Waals surface area contributed by atoms with Gasteiger partial charge >= 0.3 is 0 Å². The minimum absolute atomic E-state index is 0.0203. The van der Waals surface area contributed by atoms with Gasteiger partial charge in [-0.25, -0.2) is 0 Å². The van der Waals surface area contributed by atoms with E-state index in [0.717, 1.165) is 17.4 Å². The van der Waals surface area contributed by atoms with Crippen LogP contribution in [-0.2, 0) is 0 Å². The molecule has 8 aromatic carbocycles. The van der Waals surface area contributed by atoms with Crippen LogP contribution in [0.4, 0.5) is 11.4 Å². The van der Waals surface area contributed by atoms with Gasteiger partial charge in [-0.3, -0.25) is 14.4 Å². The van der Waals surface area contributed by atoms with Gasteiger partial charge in [-0.15, -0.1) is 0 Å². The summed E-state index contributed by atoms with van der Waals surface area (Å²) < 4.78 is 6.36. The fraction of sp³-hybridized carbons (Fsp3) is 0.145. The first kappa shape index (κ1) is 47.8. The number of carbonyl (C=O) groups excluding carboxylic acids is 2. The standard InChI is InChI=1S/C36H24N2O4.C20H20P.C6H14/c1-21-16-18-24(19-17-21)42-28-20-27(37-23-12-6-3-7-13-23)30-31-29(25-14-8-9-15-26(25)35(30)40)32(36(41)38-33(28)31)34(39)22-10-4-2-5-11-22;1-2-21(18-12-6-3-7-13-18,19-14-8-4-9-15-19)20-16-10-5-11-17-20;1-5-6(2,3)4/h2-20,37H,1H3,(H,38,41);3-17H,2H2,1H3;5H2,1-4H3/q;+1;. The zero-order chi connectivity index (χ0) is 48.5. The quantitative estimate of drug-likeness (QED) is 0.105. The fourth-order valence-corrected chi connectivity index (χ4v) is 12.6. The second kappa shape index (κ2) is 21.1. The number of pyridine rings is 1. The highest BCUT2D eigenvalue weighted by atomic mass is 31.2. The molecule has 0 bridgehead atoms. The normalized spacial score (nSPS) is 11.6. The van der Waals surface area contributed by atoms with Crippen molar-refractivity contribution in [3.63, 3.8) is 0 Å². The first-order valence-corrected chi connectivity index (χ1v) is 25.5. The maximum atomic E-state index is 14.2. The van der Waals surface area contributed by atoms with Crippen LogP contribution in [0.2, 0.25) is 0 Å². The van der Waals surface area contributed by atoms with E-state index in [1.807, 2.05) is 67.6 Å². The van der Waals surface area contributed by atoms with E-state index in [1.54, 1.807) is 54.6 Å². The lowest BCUT2D eigenvalue weighted by Gasteiger charge is -2.26. The minimum atomic E-state index is -1.53. The summed E-state index contributed by atoms with van der Waals surface area (Å²) in [7, 11) is -1.53. The van der Waals surface area contributed by atoms with Gasteiger partial charge in [0.15, 0.2) is 17.3 Å². The maximum absolute atomic E-state index is 14.2. The number of H-pyrrole nitrogens is 1. The van der Waals surface area contributed by atoms with Crippen molar-refractivity contribution in [1.82, 2.24) is 4.98 Å². The molecule has 69 heavy (non-hydrogen) atoms. The fourth-order valence-electron chi connectivity index (χ4n) is 8.57. The largest absolute Gasteiger partial charge is 0.455 e. The number of rotatable bonds is 10. The van der Waals surface area contributed by atoms with Crippen molar-refractivity contribution < 1.29 is 14.3 Å². The summed E-state index contributed by atoms with van der Waals surface area (Å²) in [5.74, 6) is 0.274. The van der Waals surface area contributed by atoms with Crippen LogP contribution >= 0.6 is 7.26 Å². The molecule has 344 valence electrons. The van der Waals surface area contributed by atoms with Crippen LogP contribution in [0.15, 0.2) is 211 Å². The van der Waals surface area contributed by atoms with Crippen molar-refractivity contribution in [2.45, 2.75) is 48.0 Å². The lowest BCUT2D eigenvalue weighted by molar-refractivity contribution is 0.102. The molecule has 9 aromatic rings. The molecule has 7 heteroatoms. The number of anilines is 2. The SMILES string of the molecule is CCC(C)(C)C.CC[P+](c1ccccc1)(c1ccccc1)c1ccccc1.Cc1ccc(Oc2cc(Nc3ccccc3)c3c4c(c(C(=O)c5ccccc5)c(=O)[nH]c24)-c2ccccc2C3=O)cc1. The Labute approximate surface area is 406 Å². The Morgan fingerprint density at radius 1 is 0.594 bits per heavy atom. The molecule has 1 aliphatic carbocycles. The van der Waals surface area contributed by atoms with Gasteiger partial charge in [0.1, 0.15) is 28.9 Å². The lowest BCUT2D eigenvalue weighted by Crippen LogP contribution is -2.32. The highest BCUT2D eigenvalue weighted by Gasteiger charge is 2.43. The summed E-state index contributed by atoms with van der Waals surface area (Å²) in [6.07, 6.45) is 2.41. The Bertz CT molecular complexity index is 3160. The number of carbonyl (C=O) groups is 2. The predicted molar refractivity (Wildman–Crippen MR) is 290 cm³/mol. The van der Waals surface area contributed by atoms with Crippen molar-refractivity contribution in [2.24, 2.45) is 5.41 Å². The number of para-hydroxylation sites is 1. The highest BCUT2D eigenvalue weighted by molar-refractivity contribution is 7.95. The molecule has 0 spiro atoms. The summed E-state index contributed by atoms with van der Waals surface area (Å²) in [6, 6.07) is 67.6. The Morgan fingerprint density at radius 3 is 1.55 bits per heavy atom. The van der Waals surface area contributed by atoms with Gasteiger partial charge in [0, 0.05) is 33.8 Å². The average Bonchev–Trinajstić information content (AvgIpc) is 3.38. The Balaban J connectivity index is 0.000000197. The Kier molecular flexibility index (Phi) is 14.6. The van der Waals surface area contributed by atoms with Gasteiger partial charge in [-0.1, -0.05) is 179 Å². The first-order chi connectivity index (χ1) is 33.4. The molecule has 6 nitrogen and oxygen atoms in total. The number of aryl methyl sites for hydroxylation is 1. The van der Waals surface area contributed by atoms with Crippen LogP contribution < -0.4 is 31.5 Å². The Morgan fingerprint density at radius 2 is 1.06 bits per heavy atom. The first-order valence-electron chi connectivity index (χ1n) is 23.6. The van der Waals surface area contributed by atoms with Crippen LogP contribution in [0.5, 0.6) is 11.5 Å². The molecular weight excluding hydrogens is 868 g/mol. The molecule has 0 unspecified atom stereocenters. The number of fused-ring (bicyclic) bond motifs is 2. The molecule has 10 rings (SSSR count). The van der Waals surface area contributed by atoms with Crippen LogP contribution in [0.25, 0.3) is 22.0 Å². The second-order valence-electron chi connectivity index (χ2n) is 18.3. The van der Waals surface area contributed by atoms with E-state index in [4.69, 9.17) is 4.74 Å². The van der Waals surface area contributed by atoms with Gasteiger partial charge in [-0.05, 0) is 85.5 Å². The molecular formula is C62H58N2O4P+. The van der Waals surface area contributed by atoms with Crippen molar-refractivity contribution in [2.75, 3.05) is 11.5 Å². The second-order valence-corrected chi connectivity index (χ2v) is 22.1. The molecule has 0 fully saturated rings. The Hall–Kier alpha value is -7.66. The molecule has 1 aliphatic rings. The van der Waals surface area contributed by atoms with Crippen molar-refractivity contribution >= 4 is 57.0 Å². The summed E-state index contributed by atoms with van der Waals surface area (Å²) in [4.78, 5) is 44.9. The number of ether oxygens (including phenoxy) is 1. The zero-order valence-electron chi connectivity index (χ0n) is 40.1. The molecule has 0 atom stereocenters. The number of hydrogen-bond acceptors (Lipinski definition) is 5. The van der Waals surface area contributed by atoms with Gasteiger partial charge in [-0.2, -0.15) is 0 Å². The smallest absolute Gasteiger partial charge is 0.260 e. The maximum Gasteiger partial charge on any atom is 0.260 e. The van der Waals surface area contributed by atoms with E-state index in [9.17, 15) is 14.4 Å². The monoisotopic (exact) mass is 925 g/mol. The summed E-state index contributed by atoms with van der Waals surface area (Å²) in [5, 5.41) is 8.24. The molecule has 2 N–H and O–H groups in total. The predicted octanol–water partition coefficient (Wildman–Crippen LogP) is 14.3. The van der Waals surface area contributed by atoms with Crippen LogP contribution in [0, 0.1) is 12.3 Å². The van der Waals surface area contributed by atoms with Gasteiger partial charge in [0.05, 0.1) is 28.5 Å². The van der Waals surface area contributed by atoms with E-state index in [2.05, 4.69) is 136 Å². The molecule has 0 amide bonds. The van der Waals surface area contributed by atoms with Crippen LogP contribution in [-0.4, -0.2) is 22.7 Å². The molecule has 0 aliphatic heterocycles. The summed E-state index contributed by atoms with van der Waals surface area (Å²) in [6.45, 7) is 13.2. The molecule has 1 heterocycles. The summed E-state index contributed by atoms with van der Waals surface area (Å²) in [5.41, 5.74) is 4.76. The van der Waals surface area contributed by atoms with E-state index in [0.29, 0.717) is 61.3 Å². The van der Waals surface area contributed by atoms with Crippen molar-refractivity contribution in [1.29, 1.82) is 0 Å². The van der Waals surface area contributed by atoms with Gasteiger partial charge in [0.25, 0.3) is 5.56 Å². The minimum Gasteiger partial charge on any atom is -0.455 e. The highest BCUT2D eigenvalue weighted by Crippen LogP contribution is 2.55. The molecule has 0 saturated heterocycles. The molecule has 0 radical (unpaired) electrons. The number of ketones is 2. The van der Waals surface area contributed by atoms with E-state index < -0.39 is 18.6 Å². The topological polar surface area (TPSA) is 88.3 Å². The number of nitrogens with one attached hydrogen (secondary N) is 2. The molecule has 1 aromatic heterocycles. The summed E-state index contributed by atoms with van der Waals surface area (Å²) >= 11 is 0. The number of benzene rings is 8. The van der Waals surface area contributed by atoms with Crippen LogP contribution in [0.1, 0.15) is 78.4 Å². The van der Waals surface area contributed by atoms with Gasteiger partial charge < -0.3 is 15.0 Å². The van der Waals surface area contributed by atoms with Crippen LogP contribution in [0.3, 0.4) is 0 Å². The number of aromatic nitrogens is 1. The zero-order valence-corrected chi connectivity index (χ0v) is 41.0. The third-order valence-electron chi connectivity index (χ3n) is 12.6. The van der Waals surface area contributed by atoms with Crippen molar-refractivity contribution in [3.05, 3.63) is 244 Å². The average molecular weight is 926 g/mol. The third kappa shape index (κ3) is 10.3. The van der Waals surface area contributed by atoms with Gasteiger partial charge in [0.2, 0.25) is 0 Å². The van der Waals surface area contributed by atoms with E-state index >= 15 is 0 Å². The molecule has 0 saturated carbocycles. The third-order valence-corrected chi connectivity index (χ3v) is 17.1. The van der Waals surface area contributed by atoms with Crippen molar-refractivity contribution in [3.8, 4) is 22.6 Å². The van der Waals surface area contributed by atoms with E-state index in [1.165, 1.54) is 22.3 Å². The number of hydrogen-bond donors (Lipinski definition) is 2.